The topological polar surface area (TPSA) is 42.0 Å². The van der Waals surface area contributed by atoms with Crippen LogP contribution in [0.25, 0.3) is 0 Å². The molecule has 0 fully saturated rings. The van der Waals surface area contributed by atoms with Crippen molar-refractivity contribution in [2.75, 3.05) is 5.88 Å². The number of nitrogens with zero attached hydrogens (tertiary/aromatic N) is 1. The summed E-state index contributed by atoms with van der Waals surface area (Å²) in [7, 11) is 0. The zero-order valence-electron chi connectivity index (χ0n) is 7.63. The molecule has 5 heteroatoms. The average Bonchev–Trinajstić information content (AvgIpc) is 2.18. The third kappa shape index (κ3) is 2.67. The van der Waals surface area contributed by atoms with E-state index in [1.807, 2.05) is 0 Å². The van der Waals surface area contributed by atoms with Crippen LogP contribution in [0, 0.1) is 5.82 Å². The number of hydrogen-bond acceptors (Lipinski definition) is 2. The van der Waals surface area contributed by atoms with E-state index in [-0.39, 0.29) is 11.6 Å². The second kappa shape index (κ2) is 4.91. The first kappa shape index (κ1) is 10.9. The summed E-state index contributed by atoms with van der Waals surface area (Å²) in [5.41, 5.74) is -0.0167. The third-order valence-electron chi connectivity index (χ3n) is 1.63. The molecule has 1 N–H and O–H groups in total. The van der Waals surface area contributed by atoms with Gasteiger partial charge in [0, 0.05) is 18.1 Å². The van der Waals surface area contributed by atoms with Crippen molar-refractivity contribution in [1.82, 2.24) is 10.3 Å². The Hall–Kier alpha value is -1.16. The number of amides is 1. The molecule has 0 aliphatic carbocycles. The van der Waals surface area contributed by atoms with E-state index in [1.165, 1.54) is 12.3 Å². The van der Waals surface area contributed by atoms with Crippen LogP contribution in [-0.4, -0.2) is 22.8 Å². The molecule has 0 saturated heterocycles. The van der Waals surface area contributed by atoms with Gasteiger partial charge >= 0.3 is 0 Å². The summed E-state index contributed by atoms with van der Waals surface area (Å²) in [5.74, 6) is -0.817. The summed E-state index contributed by atoms with van der Waals surface area (Å²) in [6, 6.07) is 1.14. The Morgan fingerprint density at radius 1 is 1.79 bits per heavy atom. The highest BCUT2D eigenvalue weighted by Crippen LogP contribution is 2.04. The molecule has 3 nitrogen and oxygen atoms in total. The minimum absolute atomic E-state index is 0.0167. The van der Waals surface area contributed by atoms with Gasteiger partial charge < -0.3 is 5.32 Å². The number of rotatable bonds is 3. The fraction of sp³-hybridized carbons (Fsp3) is 0.333. The van der Waals surface area contributed by atoms with Crippen LogP contribution in [0.1, 0.15) is 17.3 Å². The zero-order valence-corrected chi connectivity index (χ0v) is 8.38. The lowest BCUT2D eigenvalue weighted by Crippen LogP contribution is -2.34. The van der Waals surface area contributed by atoms with Crippen LogP contribution in [0.3, 0.4) is 0 Å². The molecule has 1 atom stereocenters. The van der Waals surface area contributed by atoms with Gasteiger partial charge in [-0.1, -0.05) is 0 Å². The van der Waals surface area contributed by atoms with E-state index in [0.29, 0.717) is 5.88 Å². The number of aromatic nitrogens is 1. The molecule has 0 aromatic carbocycles. The summed E-state index contributed by atoms with van der Waals surface area (Å²) in [6.07, 6.45) is 2.36. The highest BCUT2D eigenvalue weighted by atomic mass is 35.5. The molecule has 0 aliphatic heterocycles. The molecule has 0 saturated carbocycles. The number of nitrogens with one attached hydrogen (secondary N) is 1. The second-order valence-electron chi connectivity index (χ2n) is 2.88. The van der Waals surface area contributed by atoms with Crippen LogP contribution in [0.4, 0.5) is 4.39 Å². The lowest BCUT2D eigenvalue weighted by Gasteiger charge is -2.10. The molecule has 0 spiro atoms. The Bertz CT molecular complexity index is 332. The van der Waals surface area contributed by atoms with Gasteiger partial charge in [-0.3, -0.25) is 9.78 Å². The highest BCUT2D eigenvalue weighted by Gasteiger charge is 2.12. The van der Waals surface area contributed by atoms with Gasteiger partial charge in [0.1, 0.15) is 0 Å². The van der Waals surface area contributed by atoms with Gasteiger partial charge in [-0.25, -0.2) is 4.39 Å². The maximum atomic E-state index is 13.0. The Morgan fingerprint density at radius 3 is 3.07 bits per heavy atom. The number of carbonyl (C=O) groups is 1. The fourth-order valence-electron chi connectivity index (χ4n) is 0.899. The van der Waals surface area contributed by atoms with Crippen LogP contribution in [-0.2, 0) is 0 Å². The van der Waals surface area contributed by atoms with Crippen LogP contribution in [0.2, 0.25) is 0 Å². The SMILES string of the molecule is CC(CCl)NC(=O)c1ccncc1F. The van der Waals surface area contributed by atoms with E-state index in [0.717, 1.165) is 6.20 Å². The van der Waals surface area contributed by atoms with E-state index in [2.05, 4.69) is 10.3 Å². The number of pyridine rings is 1. The fourth-order valence-corrected chi connectivity index (χ4v) is 0.977. The van der Waals surface area contributed by atoms with Crippen molar-refractivity contribution in [2.45, 2.75) is 13.0 Å². The van der Waals surface area contributed by atoms with Gasteiger partial charge in [-0.15, -0.1) is 11.6 Å². The highest BCUT2D eigenvalue weighted by molar-refractivity contribution is 6.18. The van der Waals surface area contributed by atoms with Gasteiger partial charge in [0.15, 0.2) is 5.82 Å². The Kier molecular flexibility index (Phi) is 3.83. The largest absolute Gasteiger partial charge is 0.348 e. The van der Waals surface area contributed by atoms with Crippen LogP contribution in [0.15, 0.2) is 18.5 Å². The Labute approximate surface area is 86.3 Å². The first-order chi connectivity index (χ1) is 6.65. The maximum absolute atomic E-state index is 13.0. The molecule has 14 heavy (non-hydrogen) atoms. The normalized spacial score (nSPS) is 12.2. The molecule has 0 aliphatic rings. The molecule has 0 bridgehead atoms. The lowest BCUT2D eigenvalue weighted by molar-refractivity contribution is 0.0939. The minimum atomic E-state index is -0.633. The average molecular weight is 217 g/mol. The van der Waals surface area contributed by atoms with Crippen LogP contribution in [0.5, 0.6) is 0 Å². The van der Waals surface area contributed by atoms with E-state index < -0.39 is 11.7 Å². The molecule has 0 radical (unpaired) electrons. The van der Waals surface area contributed by atoms with E-state index in [9.17, 15) is 9.18 Å². The summed E-state index contributed by atoms with van der Waals surface area (Å²) >= 11 is 5.50. The molecule has 76 valence electrons. The van der Waals surface area contributed by atoms with Crippen molar-refractivity contribution in [1.29, 1.82) is 0 Å². The molecule has 1 aromatic rings. The second-order valence-corrected chi connectivity index (χ2v) is 3.19. The quantitative estimate of drug-likeness (QED) is 0.780. The smallest absolute Gasteiger partial charge is 0.254 e. The molecular formula is C9H10ClFN2O. The van der Waals surface area contributed by atoms with E-state index >= 15 is 0 Å². The third-order valence-corrected chi connectivity index (χ3v) is 2.09. The molecule has 1 rings (SSSR count). The molecule has 1 heterocycles. The first-order valence-corrected chi connectivity index (χ1v) is 4.65. The Balaban J connectivity index is 2.75. The van der Waals surface area contributed by atoms with E-state index in [4.69, 9.17) is 11.6 Å². The Morgan fingerprint density at radius 2 is 2.50 bits per heavy atom. The number of halogens is 2. The number of carbonyl (C=O) groups excluding carboxylic acids is 1. The summed E-state index contributed by atoms with van der Waals surface area (Å²) in [5, 5.41) is 2.55. The molecule has 1 amide bonds. The first-order valence-electron chi connectivity index (χ1n) is 4.11. The monoisotopic (exact) mass is 216 g/mol. The predicted molar refractivity (Wildman–Crippen MR) is 51.8 cm³/mol. The van der Waals surface area contributed by atoms with Gasteiger partial charge in [-0.05, 0) is 13.0 Å². The standard InChI is InChI=1S/C9H10ClFN2O/c1-6(4-10)13-9(14)7-2-3-12-5-8(7)11/h2-3,5-6H,4H2,1H3,(H,13,14). The van der Waals surface area contributed by atoms with Crippen LogP contribution < -0.4 is 5.32 Å². The summed E-state index contributed by atoms with van der Waals surface area (Å²) in [4.78, 5) is 14.9. The van der Waals surface area contributed by atoms with Crippen molar-refractivity contribution in [3.8, 4) is 0 Å². The van der Waals surface area contributed by atoms with Crippen molar-refractivity contribution < 1.29 is 9.18 Å². The number of hydrogen-bond donors (Lipinski definition) is 1. The van der Waals surface area contributed by atoms with E-state index in [1.54, 1.807) is 6.92 Å². The number of alkyl halides is 1. The van der Waals surface area contributed by atoms with Gasteiger partial charge in [-0.2, -0.15) is 0 Å². The lowest BCUT2D eigenvalue weighted by atomic mass is 10.2. The van der Waals surface area contributed by atoms with Crippen molar-refractivity contribution >= 4 is 17.5 Å². The van der Waals surface area contributed by atoms with Crippen LogP contribution >= 0.6 is 11.6 Å². The van der Waals surface area contributed by atoms with Crippen molar-refractivity contribution in [3.05, 3.63) is 29.8 Å². The summed E-state index contributed by atoms with van der Waals surface area (Å²) < 4.78 is 13.0. The molecule has 1 unspecified atom stereocenters. The van der Waals surface area contributed by atoms with Gasteiger partial charge in [0.25, 0.3) is 5.91 Å². The molecular weight excluding hydrogens is 207 g/mol. The maximum Gasteiger partial charge on any atom is 0.254 e. The van der Waals surface area contributed by atoms with Gasteiger partial charge in [0.2, 0.25) is 0 Å². The minimum Gasteiger partial charge on any atom is -0.348 e. The molecule has 1 aromatic heterocycles. The zero-order chi connectivity index (χ0) is 10.6. The van der Waals surface area contributed by atoms with Crippen molar-refractivity contribution in [2.24, 2.45) is 0 Å². The summed E-state index contributed by atoms with van der Waals surface area (Å²) in [6.45, 7) is 1.74. The van der Waals surface area contributed by atoms with Gasteiger partial charge in [0.05, 0.1) is 11.8 Å². The predicted octanol–water partition coefficient (Wildman–Crippen LogP) is 1.58. The van der Waals surface area contributed by atoms with Crippen molar-refractivity contribution in [3.63, 3.8) is 0 Å².